The van der Waals surface area contributed by atoms with Gasteiger partial charge in [-0.15, -0.1) is 0 Å². The van der Waals surface area contributed by atoms with E-state index < -0.39 is 8.32 Å². The molecule has 2 unspecified atom stereocenters. The molecule has 3 nitrogen and oxygen atoms in total. The molecule has 0 amide bonds. The molecule has 4 heteroatoms. The fraction of sp³-hybridized carbons (Fsp3) is 0.375. The summed E-state index contributed by atoms with van der Waals surface area (Å²) in [7, 11) is -2.56. The lowest BCUT2D eigenvalue weighted by molar-refractivity contribution is -0.115. The second kappa shape index (κ2) is 7.43. The number of carbonyl (C=O) groups is 1. The molecule has 4 rings (SSSR count). The topological polar surface area (TPSA) is 35.5 Å². The maximum atomic E-state index is 11.8. The van der Waals surface area contributed by atoms with Gasteiger partial charge >= 0.3 is 0 Å². The van der Waals surface area contributed by atoms with Crippen molar-refractivity contribution >= 4 is 24.5 Å². The molecule has 146 valence electrons. The molecule has 0 bridgehead atoms. The number of fused-ring (bicyclic) bond motifs is 1. The summed E-state index contributed by atoms with van der Waals surface area (Å²) in [5, 5.41) is 2.48. The van der Waals surface area contributed by atoms with Crippen LogP contribution in [0.3, 0.4) is 0 Å². The quantitative estimate of drug-likeness (QED) is 0.731. The third-order valence-corrected chi connectivity index (χ3v) is 11.0. The number of carbonyl (C=O) groups excluding carboxylic acids is 1. The maximum Gasteiger partial charge on any atom is 0.261 e. The van der Waals surface area contributed by atoms with E-state index in [0.29, 0.717) is 19.6 Å². The van der Waals surface area contributed by atoms with Crippen LogP contribution in [-0.2, 0) is 14.0 Å². The highest BCUT2D eigenvalue weighted by Gasteiger charge is 2.51. The van der Waals surface area contributed by atoms with E-state index in [2.05, 4.69) is 81.4 Å². The molecule has 1 saturated heterocycles. The van der Waals surface area contributed by atoms with Crippen LogP contribution in [0.15, 0.2) is 72.3 Å². The van der Waals surface area contributed by atoms with Gasteiger partial charge in [0, 0.05) is 12.3 Å². The Balaban J connectivity index is 1.71. The van der Waals surface area contributed by atoms with E-state index in [4.69, 9.17) is 9.16 Å². The van der Waals surface area contributed by atoms with Gasteiger partial charge in [0.25, 0.3) is 8.32 Å². The Morgan fingerprint density at radius 3 is 2.11 bits per heavy atom. The van der Waals surface area contributed by atoms with Crippen LogP contribution < -0.4 is 10.4 Å². The monoisotopic (exact) mass is 392 g/mol. The van der Waals surface area contributed by atoms with Crippen molar-refractivity contribution in [2.45, 2.75) is 38.3 Å². The Labute approximate surface area is 168 Å². The number of hydrogen-bond donors (Lipinski definition) is 0. The van der Waals surface area contributed by atoms with Crippen molar-refractivity contribution in [2.75, 3.05) is 13.2 Å². The van der Waals surface area contributed by atoms with Crippen LogP contribution in [0.5, 0.6) is 0 Å². The van der Waals surface area contributed by atoms with Crippen LogP contribution in [0.25, 0.3) is 0 Å². The molecule has 0 aromatic heterocycles. The number of rotatable bonds is 5. The summed E-state index contributed by atoms with van der Waals surface area (Å²) in [6.07, 6.45) is 2.29. The number of benzene rings is 2. The molecular weight excluding hydrogens is 364 g/mol. The van der Waals surface area contributed by atoms with Crippen molar-refractivity contribution < 1.29 is 14.0 Å². The summed E-state index contributed by atoms with van der Waals surface area (Å²) in [6.45, 7) is 7.91. The number of allylic oxidation sites excluding steroid dienone is 1. The lowest BCUT2D eigenvalue weighted by atomic mass is 9.99. The van der Waals surface area contributed by atoms with E-state index in [1.165, 1.54) is 10.4 Å². The zero-order valence-electron chi connectivity index (χ0n) is 16.9. The molecule has 2 atom stereocenters. The van der Waals surface area contributed by atoms with Gasteiger partial charge in [0.15, 0.2) is 5.78 Å². The van der Waals surface area contributed by atoms with Crippen molar-refractivity contribution in [3.63, 3.8) is 0 Å². The highest BCUT2D eigenvalue weighted by atomic mass is 28.4. The van der Waals surface area contributed by atoms with Gasteiger partial charge in [-0.2, -0.15) is 0 Å². The van der Waals surface area contributed by atoms with Crippen LogP contribution in [0.2, 0.25) is 5.04 Å². The normalized spacial score (nSPS) is 22.2. The molecule has 1 aliphatic heterocycles. The third-order valence-electron chi connectivity index (χ3n) is 6.04. The van der Waals surface area contributed by atoms with Crippen LogP contribution in [0, 0.1) is 5.92 Å². The maximum absolute atomic E-state index is 11.8. The van der Waals surface area contributed by atoms with Gasteiger partial charge < -0.3 is 9.16 Å². The summed E-state index contributed by atoms with van der Waals surface area (Å²) in [5.41, 5.74) is 1.14. The summed E-state index contributed by atoms with van der Waals surface area (Å²) in [5.74, 6) is 0.407. The number of ether oxygens (including phenoxy) is 1. The van der Waals surface area contributed by atoms with Crippen molar-refractivity contribution in [1.29, 1.82) is 0 Å². The van der Waals surface area contributed by atoms with Crippen molar-refractivity contribution in [3.8, 4) is 0 Å². The first kappa shape index (κ1) is 19.3. The minimum atomic E-state index is -2.56. The molecule has 1 heterocycles. The van der Waals surface area contributed by atoms with Gasteiger partial charge in [0.05, 0.1) is 19.3 Å². The molecule has 0 N–H and O–H groups in total. The van der Waals surface area contributed by atoms with Crippen molar-refractivity contribution in [2.24, 2.45) is 5.92 Å². The molecule has 2 aromatic carbocycles. The fourth-order valence-corrected chi connectivity index (χ4v) is 9.26. The highest BCUT2D eigenvalue weighted by Crippen LogP contribution is 2.39. The van der Waals surface area contributed by atoms with E-state index in [1.54, 1.807) is 6.08 Å². The molecule has 2 aromatic rings. The van der Waals surface area contributed by atoms with Crippen LogP contribution >= 0.6 is 0 Å². The predicted octanol–water partition coefficient (Wildman–Crippen LogP) is 3.48. The zero-order chi connectivity index (χ0) is 19.8. The van der Waals surface area contributed by atoms with E-state index in [9.17, 15) is 4.79 Å². The summed E-state index contributed by atoms with van der Waals surface area (Å²) in [6, 6.07) is 21.3. The van der Waals surface area contributed by atoms with Gasteiger partial charge in [-0.1, -0.05) is 81.4 Å². The minimum absolute atomic E-state index is 0.0423. The van der Waals surface area contributed by atoms with Crippen molar-refractivity contribution in [3.05, 3.63) is 72.3 Å². The molecule has 2 aliphatic rings. The second-order valence-electron chi connectivity index (χ2n) is 8.82. The summed E-state index contributed by atoms with van der Waals surface area (Å²) in [4.78, 5) is 11.8. The standard InChI is InChI=1S/C24H28O3Si/c1-24(2,3)28(20-10-6-4-7-11-20,21-12-8-5-9-13-21)27-17-23-22-15-19(25)14-18(22)16-26-23/h4-14,22-23H,15-17H2,1-3H3. The van der Waals surface area contributed by atoms with Gasteiger partial charge in [-0.25, -0.2) is 0 Å². The minimum Gasteiger partial charge on any atom is -0.405 e. The van der Waals surface area contributed by atoms with E-state index in [1.807, 2.05) is 0 Å². The highest BCUT2D eigenvalue weighted by molar-refractivity contribution is 6.99. The van der Waals surface area contributed by atoms with E-state index in [-0.39, 0.29) is 22.8 Å². The molecule has 0 radical (unpaired) electrons. The average Bonchev–Trinajstić information content (AvgIpc) is 3.22. The smallest absolute Gasteiger partial charge is 0.261 e. The SMILES string of the molecule is CC(C)(C)[Si](OCC1OCC2=CC(=O)CC21)(c1ccccc1)c1ccccc1. The van der Waals surface area contributed by atoms with E-state index in [0.717, 1.165) is 5.57 Å². The first-order valence-corrected chi connectivity index (χ1v) is 11.9. The average molecular weight is 393 g/mol. The van der Waals surface area contributed by atoms with Gasteiger partial charge in [-0.3, -0.25) is 4.79 Å². The Bertz CT molecular complexity index is 828. The summed E-state index contributed by atoms with van der Waals surface area (Å²) >= 11 is 0. The lowest BCUT2D eigenvalue weighted by Gasteiger charge is -2.43. The number of ketones is 1. The van der Waals surface area contributed by atoms with Crippen LogP contribution in [-0.4, -0.2) is 33.4 Å². The molecule has 0 spiro atoms. The predicted molar refractivity (Wildman–Crippen MR) is 115 cm³/mol. The first-order chi connectivity index (χ1) is 13.4. The third kappa shape index (κ3) is 3.30. The van der Waals surface area contributed by atoms with Gasteiger partial charge in [0.2, 0.25) is 0 Å². The molecular formula is C24H28O3Si. The summed E-state index contributed by atoms with van der Waals surface area (Å²) < 4.78 is 13.0. The van der Waals surface area contributed by atoms with Crippen molar-refractivity contribution in [1.82, 2.24) is 0 Å². The van der Waals surface area contributed by atoms with Gasteiger partial charge in [-0.05, 0) is 27.1 Å². The second-order valence-corrected chi connectivity index (χ2v) is 13.1. The Morgan fingerprint density at radius 2 is 1.57 bits per heavy atom. The Morgan fingerprint density at radius 1 is 1.00 bits per heavy atom. The van der Waals surface area contributed by atoms with E-state index >= 15 is 0 Å². The lowest BCUT2D eigenvalue weighted by Crippen LogP contribution is -2.67. The van der Waals surface area contributed by atoms with Crippen LogP contribution in [0.4, 0.5) is 0 Å². The first-order valence-electron chi connectivity index (χ1n) is 10.0. The zero-order valence-corrected chi connectivity index (χ0v) is 17.9. The molecule has 1 aliphatic carbocycles. The fourth-order valence-electron chi connectivity index (χ4n) is 4.69. The Kier molecular flexibility index (Phi) is 5.12. The number of hydrogen-bond acceptors (Lipinski definition) is 3. The van der Waals surface area contributed by atoms with Gasteiger partial charge in [0.1, 0.15) is 0 Å². The molecule has 0 saturated carbocycles. The largest absolute Gasteiger partial charge is 0.405 e. The molecule has 1 fully saturated rings. The Hall–Kier alpha value is -2.01. The van der Waals surface area contributed by atoms with Crippen LogP contribution in [0.1, 0.15) is 27.2 Å². The molecule has 28 heavy (non-hydrogen) atoms.